The molecule has 0 N–H and O–H groups in total. The van der Waals surface area contributed by atoms with Crippen LogP contribution >= 0.6 is 27.5 Å². The zero-order valence-electron chi connectivity index (χ0n) is 8.85. The molecule has 1 heterocycles. The van der Waals surface area contributed by atoms with Crippen molar-refractivity contribution in [3.05, 3.63) is 27.6 Å². The minimum Gasteiger partial charge on any atom is -0.497 e. The number of hydrogen-bond donors (Lipinski definition) is 0. The van der Waals surface area contributed by atoms with Crippen molar-refractivity contribution in [1.82, 2.24) is 9.97 Å². The topological polar surface area (TPSA) is 35.0 Å². The van der Waals surface area contributed by atoms with Gasteiger partial charge in [-0.3, -0.25) is 0 Å². The fraction of sp³-hybridized carbons (Fsp3) is 0.200. The SMILES string of the molecule is COc1cc(Br)c2c(Cl)nc(C(F)(F)F)nc2c1. The van der Waals surface area contributed by atoms with Crippen molar-refractivity contribution in [3.8, 4) is 5.75 Å². The third-order valence-corrected chi connectivity index (χ3v) is 3.07. The summed E-state index contributed by atoms with van der Waals surface area (Å²) in [6, 6.07) is 2.94. The number of hydrogen-bond acceptors (Lipinski definition) is 3. The van der Waals surface area contributed by atoms with Gasteiger partial charge in [-0.05, 0) is 22.0 Å². The minimum absolute atomic E-state index is 0.0635. The molecule has 0 saturated carbocycles. The van der Waals surface area contributed by atoms with E-state index >= 15 is 0 Å². The molecule has 1 aromatic carbocycles. The Labute approximate surface area is 113 Å². The molecular weight excluding hydrogens is 336 g/mol. The Kier molecular flexibility index (Phi) is 3.37. The monoisotopic (exact) mass is 340 g/mol. The number of nitrogens with zero attached hydrogens (tertiary/aromatic N) is 2. The van der Waals surface area contributed by atoms with Crippen LogP contribution in [0.5, 0.6) is 5.75 Å². The Morgan fingerprint density at radius 3 is 2.50 bits per heavy atom. The van der Waals surface area contributed by atoms with E-state index in [9.17, 15) is 13.2 Å². The van der Waals surface area contributed by atoms with Gasteiger partial charge in [0.15, 0.2) is 0 Å². The molecule has 0 atom stereocenters. The molecule has 0 bridgehead atoms. The molecule has 0 amide bonds. The number of fused-ring (bicyclic) bond motifs is 1. The first-order valence-corrected chi connectivity index (χ1v) is 5.78. The van der Waals surface area contributed by atoms with Crippen molar-refractivity contribution in [3.63, 3.8) is 0 Å². The van der Waals surface area contributed by atoms with Crippen LogP contribution in [0.4, 0.5) is 13.2 Å². The molecule has 1 aromatic heterocycles. The van der Waals surface area contributed by atoms with Gasteiger partial charge in [0.1, 0.15) is 10.9 Å². The Hall–Kier alpha value is -1.08. The Bertz CT molecular complexity index is 618. The first-order valence-electron chi connectivity index (χ1n) is 4.61. The van der Waals surface area contributed by atoms with E-state index in [0.717, 1.165) is 0 Å². The normalized spacial score (nSPS) is 11.9. The molecule has 3 nitrogen and oxygen atoms in total. The molecule has 0 aliphatic heterocycles. The van der Waals surface area contributed by atoms with E-state index < -0.39 is 12.0 Å². The summed E-state index contributed by atoms with van der Waals surface area (Å²) in [6.45, 7) is 0. The predicted molar refractivity (Wildman–Crippen MR) is 63.8 cm³/mol. The van der Waals surface area contributed by atoms with Crippen LogP contribution in [0.25, 0.3) is 10.9 Å². The van der Waals surface area contributed by atoms with Gasteiger partial charge < -0.3 is 4.74 Å². The van der Waals surface area contributed by atoms with Gasteiger partial charge in [-0.2, -0.15) is 13.2 Å². The molecule has 8 heteroatoms. The number of aromatic nitrogens is 2. The summed E-state index contributed by atoms with van der Waals surface area (Å²) >= 11 is 8.94. The summed E-state index contributed by atoms with van der Waals surface area (Å²) in [5.74, 6) is -0.905. The van der Waals surface area contributed by atoms with E-state index in [0.29, 0.717) is 15.6 Å². The van der Waals surface area contributed by atoms with Crippen LogP contribution in [0, 0.1) is 0 Å². The number of rotatable bonds is 1. The van der Waals surface area contributed by atoms with Gasteiger partial charge in [0.25, 0.3) is 0 Å². The smallest absolute Gasteiger partial charge is 0.451 e. The fourth-order valence-electron chi connectivity index (χ4n) is 1.39. The highest BCUT2D eigenvalue weighted by Gasteiger charge is 2.35. The molecule has 0 saturated heterocycles. The molecule has 2 aromatic rings. The lowest BCUT2D eigenvalue weighted by molar-refractivity contribution is -0.144. The maximum absolute atomic E-state index is 12.6. The third kappa shape index (κ3) is 2.37. The summed E-state index contributed by atoms with van der Waals surface area (Å²) in [4.78, 5) is 6.69. The highest BCUT2D eigenvalue weighted by molar-refractivity contribution is 9.10. The lowest BCUT2D eigenvalue weighted by Gasteiger charge is -2.09. The summed E-state index contributed by atoms with van der Waals surface area (Å²) in [6.07, 6.45) is -4.65. The third-order valence-electron chi connectivity index (χ3n) is 2.17. The second-order valence-corrected chi connectivity index (χ2v) is 4.55. The van der Waals surface area contributed by atoms with E-state index in [2.05, 4.69) is 25.9 Å². The van der Waals surface area contributed by atoms with Crippen LogP contribution in [0.3, 0.4) is 0 Å². The van der Waals surface area contributed by atoms with Gasteiger partial charge in [-0.15, -0.1) is 0 Å². The van der Waals surface area contributed by atoms with E-state index in [-0.39, 0.29) is 10.7 Å². The molecular formula is C10H5BrClF3N2O. The predicted octanol–water partition coefficient (Wildman–Crippen LogP) is 4.07. The number of methoxy groups -OCH3 is 1. The lowest BCUT2D eigenvalue weighted by Crippen LogP contribution is -2.11. The lowest BCUT2D eigenvalue weighted by atomic mass is 10.2. The summed E-state index contributed by atoms with van der Waals surface area (Å²) in [7, 11) is 1.40. The average Bonchev–Trinajstić information content (AvgIpc) is 2.26. The first-order chi connectivity index (χ1) is 8.32. The molecule has 0 aliphatic rings. The van der Waals surface area contributed by atoms with Crippen molar-refractivity contribution >= 4 is 38.4 Å². The second kappa shape index (κ2) is 4.55. The minimum atomic E-state index is -4.65. The van der Waals surface area contributed by atoms with Gasteiger partial charge in [0.2, 0.25) is 5.82 Å². The van der Waals surface area contributed by atoms with E-state index in [1.807, 2.05) is 0 Å². The largest absolute Gasteiger partial charge is 0.497 e. The molecule has 0 spiro atoms. The van der Waals surface area contributed by atoms with E-state index in [4.69, 9.17) is 16.3 Å². The Morgan fingerprint density at radius 1 is 1.28 bits per heavy atom. The van der Waals surface area contributed by atoms with E-state index in [1.165, 1.54) is 13.2 Å². The number of ether oxygens (including phenoxy) is 1. The molecule has 0 aliphatic carbocycles. The zero-order valence-corrected chi connectivity index (χ0v) is 11.2. The molecule has 18 heavy (non-hydrogen) atoms. The second-order valence-electron chi connectivity index (χ2n) is 3.34. The molecule has 2 rings (SSSR count). The van der Waals surface area contributed by atoms with Crippen molar-refractivity contribution in [2.24, 2.45) is 0 Å². The van der Waals surface area contributed by atoms with Crippen molar-refractivity contribution in [1.29, 1.82) is 0 Å². The highest BCUT2D eigenvalue weighted by Crippen LogP contribution is 2.35. The Morgan fingerprint density at radius 2 is 1.94 bits per heavy atom. The van der Waals surface area contributed by atoms with Crippen LogP contribution in [-0.4, -0.2) is 17.1 Å². The number of benzene rings is 1. The average molecular weight is 342 g/mol. The van der Waals surface area contributed by atoms with Gasteiger partial charge in [-0.25, -0.2) is 9.97 Å². The van der Waals surface area contributed by atoms with Crippen molar-refractivity contribution in [2.75, 3.05) is 7.11 Å². The zero-order chi connectivity index (χ0) is 13.5. The highest BCUT2D eigenvalue weighted by atomic mass is 79.9. The van der Waals surface area contributed by atoms with Crippen LogP contribution in [-0.2, 0) is 6.18 Å². The quantitative estimate of drug-likeness (QED) is 0.733. The summed E-state index contributed by atoms with van der Waals surface area (Å²) in [5, 5.41) is 0.0484. The van der Waals surface area contributed by atoms with Crippen molar-refractivity contribution in [2.45, 2.75) is 6.18 Å². The van der Waals surface area contributed by atoms with Crippen LogP contribution in [0.1, 0.15) is 5.82 Å². The Balaban J connectivity index is 2.79. The van der Waals surface area contributed by atoms with E-state index in [1.54, 1.807) is 6.07 Å². The van der Waals surface area contributed by atoms with Crippen LogP contribution in [0.2, 0.25) is 5.15 Å². The molecule has 0 fully saturated rings. The maximum atomic E-state index is 12.6. The fourth-order valence-corrected chi connectivity index (χ4v) is 2.40. The van der Waals surface area contributed by atoms with Crippen LogP contribution < -0.4 is 4.74 Å². The standard InChI is InChI=1S/C10H5BrClF3N2O/c1-18-4-2-5(11)7-6(3-4)16-9(10(13,14)15)17-8(7)12/h2-3H,1H3. The van der Waals surface area contributed by atoms with Crippen molar-refractivity contribution < 1.29 is 17.9 Å². The van der Waals surface area contributed by atoms with Gasteiger partial charge in [-0.1, -0.05) is 11.6 Å². The first kappa shape index (κ1) is 13.4. The molecule has 0 unspecified atom stereocenters. The molecule has 96 valence electrons. The van der Waals surface area contributed by atoms with Gasteiger partial charge in [0, 0.05) is 10.5 Å². The van der Waals surface area contributed by atoms with Gasteiger partial charge in [0.05, 0.1) is 18.0 Å². The number of alkyl halides is 3. The van der Waals surface area contributed by atoms with Crippen LogP contribution in [0.15, 0.2) is 16.6 Å². The summed E-state index contributed by atoms with van der Waals surface area (Å²) < 4.78 is 43.1. The van der Waals surface area contributed by atoms with Gasteiger partial charge >= 0.3 is 6.18 Å². The maximum Gasteiger partial charge on any atom is 0.451 e. The number of halogens is 5. The molecule has 0 radical (unpaired) electrons. The summed E-state index contributed by atoms with van der Waals surface area (Å²) in [5.41, 5.74) is 0.0635.